The molecule has 0 heterocycles. The zero-order valence-electron chi connectivity index (χ0n) is 12.9. The first-order valence-electron chi connectivity index (χ1n) is 6.47. The summed E-state index contributed by atoms with van der Waals surface area (Å²) in [5, 5.41) is 8.70. The van der Waals surface area contributed by atoms with E-state index in [0.29, 0.717) is 11.4 Å². The van der Waals surface area contributed by atoms with Gasteiger partial charge in [0.05, 0.1) is 0 Å². The minimum atomic E-state index is -0.0980. The minimum Gasteiger partial charge on any atom is -0.373 e. The van der Waals surface area contributed by atoms with Crippen molar-refractivity contribution >= 4 is 11.7 Å². The molecular formula is C13H27N5O. The topological polar surface area (TPSA) is 68.8 Å². The van der Waals surface area contributed by atoms with Crippen molar-refractivity contribution in [1.82, 2.24) is 20.9 Å². The van der Waals surface area contributed by atoms with E-state index in [2.05, 4.69) is 25.8 Å². The normalized spacial score (nSPS) is 14.5. The molecule has 1 amide bonds. The van der Waals surface area contributed by atoms with Crippen molar-refractivity contribution in [2.24, 2.45) is 4.99 Å². The summed E-state index contributed by atoms with van der Waals surface area (Å²) < 4.78 is 0. The lowest BCUT2D eigenvalue weighted by molar-refractivity contribution is -0.116. The molecule has 0 aromatic rings. The van der Waals surface area contributed by atoms with Gasteiger partial charge in [-0.15, -0.1) is 0 Å². The summed E-state index contributed by atoms with van der Waals surface area (Å²) in [5.74, 6) is 0.601. The third-order valence-corrected chi connectivity index (χ3v) is 2.87. The molecule has 0 aliphatic heterocycles. The van der Waals surface area contributed by atoms with Crippen molar-refractivity contribution in [1.29, 1.82) is 0 Å². The van der Waals surface area contributed by atoms with Crippen LogP contribution in [0.25, 0.3) is 0 Å². The van der Waals surface area contributed by atoms with Crippen molar-refractivity contribution in [3.63, 3.8) is 0 Å². The highest BCUT2D eigenvalue weighted by atomic mass is 16.1. The van der Waals surface area contributed by atoms with E-state index in [1.165, 1.54) is 0 Å². The van der Waals surface area contributed by atoms with Gasteiger partial charge in [-0.1, -0.05) is 0 Å². The van der Waals surface area contributed by atoms with Crippen molar-refractivity contribution in [3.8, 4) is 0 Å². The molecule has 0 spiro atoms. The smallest absolute Gasteiger partial charge is 0.246 e. The fourth-order valence-electron chi connectivity index (χ4n) is 1.42. The summed E-state index contributed by atoms with van der Waals surface area (Å²) in [7, 11) is 7.36. The first-order valence-corrected chi connectivity index (χ1v) is 6.47. The largest absolute Gasteiger partial charge is 0.373 e. The molecule has 0 aromatic carbocycles. The predicted molar refractivity (Wildman–Crippen MR) is 80.3 cm³/mol. The molecule has 0 bridgehead atoms. The lowest BCUT2D eigenvalue weighted by Gasteiger charge is -2.21. The predicted octanol–water partition coefficient (Wildman–Crippen LogP) is -0.206. The maximum Gasteiger partial charge on any atom is 0.246 e. The molecule has 0 aliphatic carbocycles. The summed E-state index contributed by atoms with van der Waals surface area (Å²) in [5.41, 5.74) is 0.626. The second-order valence-electron chi connectivity index (χ2n) is 4.39. The Bertz CT molecular complexity index is 338. The summed E-state index contributed by atoms with van der Waals surface area (Å²) in [6.07, 6.45) is 1.80. The van der Waals surface area contributed by atoms with Gasteiger partial charge in [0.2, 0.25) is 5.91 Å². The maximum absolute atomic E-state index is 11.4. The van der Waals surface area contributed by atoms with E-state index >= 15 is 0 Å². The number of likely N-dealkylation sites (N-methyl/N-ethyl adjacent to an activating group) is 4. The molecule has 0 saturated carbocycles. The number of nitrogens with zero attached hydrogens (tertiary/aromatic N) is 2. The average molecular weight is 269 g/mol. The molecule has 0 fully saturated rings. The van der Waals surface area contributed by atoms with Crippen LogP contribution in [0.3, 0.4) is 0 Å². The Hall–Kier alpha value is -1.40. The van der Waals surface area contributed by atoms with E-state index in [1.54, 1.807) is 27.1 Å². The van der Waals surface area contributed by atoms with E-state index in [1.807, 2.05) is 21.0 Å². The van der Waals surface area contributed by atoms with Crippen LogP contribution >= 0.6 is 0 Å². The fourth-order valence-corrected chi connectivity index (χ4v) is 1.42. The summed E-state index contributed by atoms with van der Waals surface area (Å²) in [6, 6.07) is 0. The van der Waals surface area contributed by atoms with Crippen LogP contribution in [0, 0.1) is 0 Å². The third-order valence-electron chi connectivity index (χ3n) is 2.87. The van der Waals surface area contributed by atoms with E-state index in [-0.39, 0.29) is 12.1 Å². The Morgan fingerprint density at radius 1 is 1.32 bits per heavy atom. The molecule has 0 rings (SSSR count). The van der Waals surface area contributed by atoms with E-state index < -0.39 is 0 Å². The molecule has 3 N–H and O–H groups in total. The van der Waals surface area contributed by atoms with Gasteiger partial charge in [-0.05, 0) is 34.0 Å². The van der Waals surface area contributed by atoms with Crippen LogP contribution in [-0.4, -0.2) is 64.1 Å². The second kappa shape index (κ2) is 9.52. The van der Waals surface area contributed by atoms with Crippen molar-refractivity contribution in [2.75, 3.05) is 41.3 Å². The van der Waals surface area contributed by atoms with Gasteiger partial charge < -0.3 is 16.0 Å². The third kappa shape index (κ3) is 6.93. The quantitative estimate of drug-likeness (QED) is 0.340. The van der Waals surface area contributed by atoms with Crippen LogP contribution in [0.2, 0.25) is 0 Å². The molecule has 0 saturated heterocycles. The first kappa shape index (κ1) is 17.6. The van der Waals surface area contributed by atoms with Crippen LogP contribution in [0.4, 0.5) is 0 Å². The number of hydrogen-bond acceptors (Lipinski definition) is 4. The Kier molecular flexibility index (Phi) is 8.82. The van der Waals surface area contributed by atoms with Crippen molar-refractivity contribution in [2.45, 2.75) is 20.0 Å². The van der Waals surface area contributed by atoms with Gasteiger partial charge in [0.15, 0.2) is 0 Å². The Morgan fingerprint density at radius 3 is 2.42 bits per heavy atom. The molecule has 1 unspecified atom stereocenters. The molecule has 6 nitrogen and oxygen atoms in total. The zero-order chi connectivity index (χ0) is 14.8. The van der Waals surface area contributed by atoms with E-state index in [0.717, 1.165) is 13.1 Å². The molecule has 110 valence electrons. The van der Waals surface area contributed by atoms with Crippen molar-refractivity contribution < 1.29 is 4.79 Å². The van der Waals surface area contributed by atoms with Gasteiger partial charge in [0.1, 0.15) is 12.0 Å². The van der Waals surface area contributed by atoms with E-state index in [4.69, 9.17) is 0 Å². The number of hydrogen-bond donors (Lipinski definition) is 3. The lowest BCUT2D eigenvalue weighted by Crippen LogP contribution is -2.35. The Morgan fingerprint density at radius 2 is 1.95 bits per heavy atom. The number of nitrogens with one attached hydrogen (secondary N) is 3. The van der Waals surface area contributed by atoms with Crippen LogP contribution in [0.5, 0.6) is 0 Å². The van der Waals surface area contributed by atoms with E-state index in [9.17, 15) is 4.79 Å². The fraction of sp³-hybridized carbons (Fsp3) is 0.692. The Balaban J connectivity index is 4.75. The zero-order valence-corrected chi connectivity index (χ0v) is 12.9. The molecule has 0 radical (unpaired) electrons. The molecule has 0 aliphatic rings. The van der Waals surface area contributed by atoms with Gasteiger partial charge in [0, 0.05) is 32.8 Å². The highest BCUT2D eigenvalue weighted by Gasteiger charge is 2.08. The maximum atomic E-state index is 11.4. The average Bonchev–Trinajstić information content (AvgIpc) is 2.42. The molecule has 19 heavy (non-hydrogen) atoms. The van der Waals surface area contributed by atoms with Crippen LogP contribution < -0.4 is 16.0 Å². The minimum absolute atomic E-state index is 0.0459. The number of amidine groups is 1. The Labute approximate surface area is 116 Å². The summed E-state index contributed by atoms with van der Waals surface area (Å²) in [4.78, 5) is 18.1. The molecule has 6 heteroatoms. The van der Waals surface area contributed by atoms with Gasteiger partial charge in [-0.3, -0.25) is 9.69 Å². The SMILES string of the molecule is CNCCN(C)C(C)/N=C(\C=C(/C)C(=O)NC)NC. The van der Waals surface area contributed by atoms with Crippen LogP contribution in [-0.2, 0) is 4.79 Å². The standard InChI is InChI=1S/C13H27N5O/c1-10(13(19)16-5)9-12(15-4)17-11(2)18(6)8-7-14-3/h9,11,14H,7-8H2,1-6H3,(H,15,17)(H,16,19)/b10-9+. The highest BCUT2D eigenvalue weighted by Crippen LogP contribution is 1.99. The lowest BCUT2D eigenvalue weighted by atomic mass is 10.2. The summed E-state index contributed by atoms with van der Waals surface area (Å²) >= 11 is 0. The molecule has 0 aromatic heterocycles. The number of aliphatic imine (C=N–C) groups is 1. The van der Waals surface area contributed by atoms with Gasteiger partial charge in [-0.2, -0.15) is 0 Å². The first-order chi connectivity index (χ1) is 8.96. The van der Waals surface area contributed by atoms with Gasteiger partial charge >= 0.3 is 0 Å². The van der Waals surface area contributed by atoms with Crippen molar-refractivity contribution in [3.05, 3.63) is 11.6 Å². The van der Waals surface area contributed by atoms with Crippen LogP contribution in [0.15, 0.2) is 16.6 Å². The number of rotatable bonds is 7. The van der Waals surface area contributed by atoms with Gasteiger partial charge in [-0.25, -0.2) is 4.99 Å². The number of amides is 1. The highest BCUT2D eigenvalue weighted by molar-refractivity contribution is 6.02. The van der Waals surface area contributed by atoms with Gasteiger partial charge in [0.25, 0.3) is 0 Å². The number of carbonyl (C=O) groups excluding carboxylic acids is 1. The molecule has 1 atom stereocenters. The van der Waals surface area contributed by atoms with Crippen LogP contribution in [0.1, 0.15) is 13.8 Å². The monoisotopic (exact) mass is 269 g/mol. The number of carbonyl (C=O) groups is 1. The second-order valence-corrected chi connectivity index (χ2v) is 4.39. The summed E-state index contributed by atoms with van der Waals surface area (Å²) in [6.45, 7) is 5.62. The molecular weight excluding hydrogens is 242 g/mol.